The van der Waals surface area contributed by atoms with Crippen LogP contribution in [0.4, 0.5) is 8.78 Å². The van der Waals surface area contributed by atoms with E-state index in [2.05, 4.69) is 5.32 Å². The van der Waals surface area contributed by atoms with Gasteiger partial charge in [0.25, 0.3) is 5.92 Å². The van der Waals surface area contributed by atoms with E-state index in [-0.39, 0.29) is 6.79 Å². The van der Waals surface area contributed by atoms with Gasteiger partial charge in [-0.1, -0.05) is 6.07 Å². The van der Waals surface area contributed by atoms with Gasteiger partial charge in [-0.3, -0.25) is 4.79 Å². The number of nitrogens with one attached hydrogen (secondary N) is 1. The molecular formula is C13H14F2N2O3. The normalized spacial score (nSPS) is 13.8. The van der Waals surface area contributed by atoms with Crippen LogP contribution >= 0.6 is 0 Å². The van der Waals surface area contributed by atoms with Gasteiger partial charge in [-0.25, -0.2) is 8.78 Å². The Bertz CT molecular complexity index is 532. The molecule has 108 valence electrons. The van der Waals surface area contributed by atoms with Gasteiger partial charge in [0.15, 0.2) is 11.5 Å². The summed E-state index contributed by atoms with van der Waals surface area (Å²) >= 11 is 0. The van der Waals surface area contributed by atoms with E-state index >= 15 is 0 Å². The van der Waals surface area contributed by atoms with Crippen molar-refractivity contribution < 1.29 is 23.0 Å². The fraction of sp³-hybridized carbons (Fsp3) is 0.308. The summed E-state index contributed by atoms with van der Waals surface area (Å²) in [5.41, 5.74) is 5.57. The molecule has 0 atom stereocenters. The highest BCUT2D eigenvalue weighted by atomic mass is 19.3. The van der Waals surface area contributed by atoms with Gasteiger partial charge in [-0.15, -0.1) is 0 Å². The third kappa shape index (κ3) is 3.67. The van der Waals surface area contributed by atoms with Crippen molar-refractivity contribution in [2.75, 3.05) is 19.9 Å². The smallest absolute Gasteiger partial charge is 0.277 e. The molecule has 0 spiro atoms. The standard InChI is InChI=1S/C13H14F2N2O3/c14-13(15,6-16)7-17-12(18)4-2-9-1-3-10-11(5-9)20-8-19-10/h1-5H,6-8,16H2,(H,17,18)/b4-2+. The molecule has 0 fully saturated rings. The Morgan fingerprint density at radius 2 is 2.15 bits per heavy atom. The van der Waals surface area contributed by atoms with Crippen molar-refractivity contribution in [1.29, 1.82) is 0 Å². The number of benzene rings is 1. The Kier molecular flexibility index (Phi) is 4.19. The van der Waals surface area contributed by atoms with Crippen LogP contribution in [0.15, 0.2) is 24.3 Å². The molecule has 0 bridgehead atoms. The van der Waals surface area contributed by atoms with Gasteiger partial charge in [0, 0.05) is 6.08 Å². The zero-order valence-corrected chi connectivity index (χ0v) is 10.6. The van der Waals surface area contributed by atoms with Gasteiger partial charge >= 0.3 is 0 Å². The molecule has 7 heteroatoms. The van der Waals surface area contributed by atoms with Crippen molar-refractivity contribution in [3.63, 3.8) is 0 Å². The number of rotatable bonds is 5. The Morgan fingerprint density at radius 1 is 1.40 bits per heavy atom. The molecule has 1 aromatic rings. The highest BCUT2D eigenvalue weighted by Crippen LogP contribution is 2.32. The predicted molar refractivity (Wildman–Crippen MR) is 68.6 cm³/mol. The van der Waals surface area contributed by atoms with Crippen LogP contribution in [0.1, 0.15) is 5.56 Å². The van der Waals surface area contributed by atoms with E-state index in [4.69, 9.17) is 15.2 Å². The highest BCUT2D eigenvalue weighted by molar-refractivity contribution is 5.91. The van der Waals surface area contributed by atoms with Crippen LogP contribution in [0.25, 0.3) is 6.08 Å². The lowest BCUT2D eigenvalue weighted by molar-refractivity contribution is -0.118. The number of carbonyl (C=O) groups is 1. The highest BCUT2D eigenvalue weighted by Gasteiger charge is 2.26. The summed E-state index contributed by atoms with van der Waals surface area (Å²) < 4.78 is 36.0. The molecule has 1 aromatic carbocycles. The van der Waals surface area contributed by atoms with Gasteiger partial charge in [0.2, 0.25) is 12.7 Å². The molecular weight excluding hydrogens is 270 g/mol. The predicted octanol–water partition coefficient (Wildman–Crippen LogP) is 1.14. The zero-order valence-electron chi connectivity index (χ0n) is 10.6. The van der Waals surface area contributed by atoms with E-state index in [1.807, 2.05) is 0 Å². The maximum atomic E-state index is 12.8. The zero-order chi connectivity index (χ0) is 14.6. The van der Waals surface area contributed by atoms with Gasteiger partial charge in [-0.05, 0) is 23.8 Å². The van der Waals surface area contributed by atoms with Gasteiger partial charge in [-0.2, -0.15) is 0 Å². The van der Waals surface area contributed by atoms with E-state index in [9.17, 15) is 13.6 Å². The Hall–Kier alpha value is -2.15. The molecule has 0 aromatic heterocycles. The summed E-state index contributed by atoms with van der Waals surface area (Å²) in [7, 11) is 0. The number of ether oxygens (including phenoxy) is 2. The number of carbonyl (C=O) groups excluding carboxylic acids is 1. The van der Waals surface area contributed by atoms with E-state index in [0.29, 0.717) is 17.1 Å². The maximum Gasteiger partial charge on any atom is 0.277 e. The van der Waals surface area contributed by atoms with Crippen LogP contribution in [0.3, 0.4) is 0 Å². The first-order valence-electron chi connectivity index (χ1n) is 5.94. The molecule has 0 saturated carbocycles. The lowest BCUT2D eigenvalue weighted by Crippen LogP contribution is -2.41. The van der Waals surface area contributed by atoms with Gasteiger partial charge in [0.05, 0.1) is 13.1 Å². The van der Waals surface area contributed by atoms with Crippen LogP contribution in [0, 0.1) is 0 Å². The van der Waals surface area contributed by atoms with Crippen LogP contribution < -0.4 is 20.5 Å². The minimum Gasteiger partial charge on any atom is -0.454 e. The average Bonchev–Trinajstić information content (AvgIpc) is 2.90. The monoisotopic (exact) mass is 284 g/mol. The number of hydrogen-bond acceptors (Lipinski definition) is 4. The maximum absolute atomic E-state index is 12.8. The molecule has 20 heavy (non-hydrogen) atoms. The lowest BCUT2D eigenvalue weighted by atomic mass is 10.2. The summed E-state index contributed by atoms with van der Waals surface area (Å²) in [6.45, 7) is -1.43. The lowest BCUT2D eigenvalue weighted by Gasteiger charge is -2.13. The number of fused-ring (bicyclic) bond motifs is 1. The third-order valence-corrected chi connectivity index (χ3v) is 2.64. The van der Waals surface area contributed by atoms with Crippen LogP contribution in [-0.4, -0.2) is 31.7 Å². The first-order valence-corrected chi connectivity index (χ1v) is 5.94. The molecule has 1 heterocycles. The molecule has 0 unspecified atom stereocenters. The summed E-state index contributed by atoms with van der Waals surface area (Å²) in [6.07, 6.45) is 2.67. The fourth-order valence-corrected chi connectivity index (χ4v) is 1.54. The largest absolute Gasteiger partial charge is 0.454 e. The molecule has 0 radical (unpaired) electrons. The second-order valence-corrected chi connectivity index (χ2v) is 4.22. The minimum atomic E-state index is -3.09. The second kappa shape index (κ2) is 5.87. The second-order valence-electron chi connectivity index (χ2n) is 4.22. The molecule has 1 aliphatic rings. The molecule has 5 nitrogen and oxygen atoms in total. The Labute approximate surface area is 114 Å². The van der Waals surface area contributed by atoms with E-state index < -0.39 is 24.9 Å². The van der Waals surface area contributed by atoms with Crippen LogP contribution in [0.5, 0.6) is 11.5 Å². The molecule has 0 saturated heterocycles. The van der Waals surface area contributed by atoms with E-state index in [1.165, 1.54) is 12.2 Å². The number of hydrogen-bond donors (Lipinski definition) is 2. The van der Waals surface area contributed by atoms with E-state index in [1.54, 1.807) is 18.2 Å². The van der Waals surface area contributed by atoms with Crippen molar-refractivity contribution in [1.82, 2.24) is 5.32 Å². The van der Waals surface area contributed by atoms with E-state index in [0.717, 1.165) is 0 Å². The quantitative estimate of drug-likeness (QED) is 0.795. The molecule has 3 N–H and O–H groups in total. The van der Waals surface area contributed by atoms with Crippen molar-refractivity contribution in [2.45, 2.75) is 5.92 Å². The Balaban J connectivity index is 1.91. The van der Waals surface area contributed by atoms with Gasteiger partial charge < -0.3 is 20.5 Å². The fourth-order valence-electron chi connectivity index (χ4n) is 1.54. The number of nitrogens with two attached hydrogens (primary N) is 1. The molecule has 1 aliphatic heterocycles. The van der Waals surface area contributed by atoms with Gasteiger partial charge in [0.1, 0.15) is 0 Å². The number of halogens is 2. The summed E-state index contributed by atoms with van der Waals surface area (Å²) in [4.78, 5) is 11.4. The summed E-state index contributed by atoms with van der Waals surface area (Å²) in [5.74, 6) is -2.49. The first kappa shape index (κ1) is 14.3. The first-order chi connectivity index (χ1) is 9.50. The summed E-state index contributed by atoms with van der Waals surface area (Å²) in [5, 5.41) is 2.08. The van der Waals surface area contributed by atoms with Crippen LogP contribution in [0.2, 0.25) is 0 Å². The number of amides is 1. The topological polar surface area (TPSA) is 73.6 Å². The summed E-state index contributed by atoms with van der Waals surface area (Å²) in [6, 6.07) is 5.13. The van der Waals surface area contributed by atoms with Crippen LogP contribution in [-0.2, 0) is 4.79 Å². The van der Waals surface area contributed by atoms with Crippen molar-refractivity contribution in [3.8, 4) is 11.5 Å². The molecule has 1 amide bonds. The molecule has 2 rings (SSSR count). The minimum absolute atomic E-state index is 0.164. The SMILES string of the molecule is NCC(F)(F)CNC(=O)/C=C/c1ccc2c(c1)OCO2. The molecule has 0 aliphatic carbocycles. The Morgan fingerprint density at radius 3 is 2.90 bits per heavy atom. The number of alkyl halides is 2. The average molecular weight is 284 g/mol. The van der Waals surface area contributed by atoms with Crippen molar-refractivity contribution in [2.24, 2.45) is 5.73 Å². The third-order valence-electron chi connectivity index (χ3n) is 2.64. The van der Waals surface area contributed by atoms with Crippen molar-refractivity contribution >= 4 is 12.0 Å². The van der Waals surface area contributed by atoms with Crippen molar-refractivity contribution in [3.05, 3.63) is 29.8 Å².